The van der Waals surface area contributed by atoms with E-state index in [4.69, 9.17) is 5.73 Å². The highest BCUT2D eigenvalue weighted by molar-refractivity contribution is 6.01. The molecule has 1 aliphatic heterocycles. The lowest BCUT2D eigenvalue weighted by atomic mass is 10.1. The van der Waals surface area contributed by atoms with Gasteiger partial charge in [-0.15, -0.1) is 0 Å². The molecule has 1 heterocycles. The molecule has 0 radical (unpaired) electrons. The van der Waals surface area contributed by atoms with Gasteiger partial charge in [-0.25, -0.2) is 0 Å². The van der Waals surface area contributed by atoms with Crippen LogP contribution in [0.3, 0.4) is 0 Å². The molecule has 16 heavy (non-hydrogen) atoms. The Morgan fingerprint density at radius 2 is 2.31 bits per heavy atom. The topological polar surface area (TPSA) is 58.4 Å². The molecule has 4 heteroatoms. The van der Waals surface area contributed by atoms with E-state index in [-0.39, 0.29) is 11.9 Å². The standard InChI is InChI=1S/C12H17N3O/c1-8-3-4-10-11(5-8)15(6-9(2)13)7-12(16)14-10/h3-5,9H,6-7,13H2,1-2H3,(H,14,16). The van der Waals surface area contributed by atoms with Crippen molar-refractivity contribution in [2.45, 2.75) is 19.9 Å². The van der Waals surface area contributed by atoms with E-state index in [2.05, 4.69) is 11.4 Å². The summed E-state index contributed by atoms with van der Waals surface area (Å²) in [6.45, 7) is 5.07. The Labute approximate surface area is 95.4 Å². The molecule has 0 aromatic heterocycles. The molecule has 0 saturated heterocycles. The maximum absolute atomic E-state index is 11.5. The Morgan fingerprint density at radius 1 is 1.56 bits per heavy atom. The monoisotopic (exact) mass is 219 g/mol. The van der Waals surface area contributed by atoms with Crippen molar-refractivity contribution in [2.75, 3.05) is 23.3 Å². The maximum atomic E-state index is 11.5. The number of rotatable bonds is 2. The van der Waals surface area contributed by atoms with E-state index in [0.717, 1.165) is 11.4 Å². The molecule has 86 valence electrons. The van der Waals surface area contributed by atoms with E-state index >= 15 is 0 Å². The zero-order valence-corrected chi connectivity index (χ0v) is 9.66. The van der Waals surface area contributed by atoms with Gasteiger partial charge < -0.3 is 16.0 Å². The van der Waals surface area contributed by atoms with E-state index in [9.17, 15) is 4.79 Å². The predicted octanol–water partition coefficient (Wildman–Crippen LogP) is 1.10. The molecule has 0 bridgehead atoms. The molecule has 0 fully saturated rings. The van der Waals surface area contributed by atoms with Gasteiger partial charge in [0, 0.05) is 12.6 Å². The van der Waals surface area contributed by atoms with Crippen LogP contribution in [-0.4, -0.2) is 25.0 Å². The Hall–Kier alpha value is -1.55. The lowest BCUT2D eigenvalue weighted by Gasteiger charge is -2.32. The molecule has 1 atom stereocenters. The molecule has 1 aliphatic rings. The van der Waals surface area contributed by atoms with Crippen molar-refractivity contribution in [1.29, 1.82) is 0 Å². The summed E-state index contributed by atoms with van der Waals surface area (Å²) < 4.78 is 0. The van der Waals surface area contributed by atoms with Gasteiger partial charge in [0.05, 0.1) is 17.9 Å². The number of nitrogens with one attached hydrogen (secondary N) is 1. The van der Waals surface area contributed by atoms with E-state index in [0.29, 0.717) is 13.1 Å². The third kappa shape index (κ3) is 2.17. The summed E-state index contributed by atoms with van der Waals surface area (Å²) in [6.07, 6.45) is 0. The number of hydrogen-bond donors (Lipinski definition) is 2. The smallest absolute Gasteiger partial charge is 0.243 e. The maximum Gasteiger partial charge on any atom is 0.243 e. The number of aryl methyl sites for hydroxylation is 1. The average molecular weight is 219 g/mol. The minimum atomic E-state index is 0.0250. The summed E-state index contributed by atoms with van der Waals surface area (Å²) in [5, 5.41) is 2.87. The van der Waals surface area contributed by atoms with Gasteiger partial charge in [0.2, 0.25) is 5.91 Å². The highest BCUT2D eigenvalue weighted by Gasteiger charge is 2.22. The molecule has 4 nitrogen and oxygen atoms in total. The van der Waals surface area contributed by atoms with Gasteiger partial charge in [0.1, 0.15) is 0 Å². The lowest BCUT2D eigenvalue weighted by molar-refractivity contribution is -0.115. The molecule has 2 rings (SSSR count). The summed E-state index contributed by atoms with van der Waals surface area (Å²) in [7, 11) is 0. The van der Waals surface area contributed by atoms with E-state index in [1.54, 1.807) is 0 Å². The lowest BCUT2D eigenvalue weighted by Crippen LogP contribution is -2.43. The fraction of sp³-hybridized carbons (Fsp3) is 0.417. The first kappa shape index (κ1) is 11.0. The number of carbonyl (C=O) groups excluding carboxylic acids is 1. The molecule has 1 aromatic rings. The van der Waals surface area contributed by atoms with Crippen molar-refractivity contribution in [3.8, 4) is 0 Å². The van der Waals surface area contributed by atoms with Gasteiger partial charge in [0.15, 0.2) is 0 Å². The minimum absolute atomic E-state index is 0.0250. The van der Waals surface area contributed by atoms with Crippen LogP contribution in [0.2, 0.25) is 0 Å². The molecular formula is C12H17N3O. The number of hydrogen-bond acceptors (Lipinski definition) is 3. The fourth-order valence-corrected chi connectivity index (χ4v) is 1.97. The first-order valence-corrected chi connectivity index (χ1v) is 5.47. The minimum Gasteiger partial charge on any atom is -0.359 e. The molecule has 1 unspecified atom stereocenters. The third-order valence-electron chi connectivity index (χ3n) is 2.61. The van der Waals surface area contributed by atoms with E-state index < -0.39 is 0 Å². The van der Waals surface area contributed by atoms with Crippen molar-refractivity contribution in [2.24, 2.45) is 5.73 Å². The number of nitrogens with two attached hydrogens (primary N) is 1. The second kappa shape index (κ2) is 4.14. The van der Waals surface area contributed by atoms with E-state index in [1.807, 2.05) is 30.9 Å². The van der Waals surface area contributed by atoms with Gasteiger partial charge in [0.25, 0.3) is 0 Å². The largest absolute Gasteiger partial charge is 0.359 e. The molecule has 0 saturated carbocycles. The van der Waals surface area contributed by atoms with Crippen molar-refractivity contribution in [3.63, 3.8) is 0 Å². The normalized spacial score (nSPS) is 16.7. The number of benzene rings is 1. The molecule has 3 N–H and O–H groups in total. The molecular weight excluding hydrogens is 202 g/mol. The second-order valence-electron chi connectivity index (χ2n) is 4.43. The summed E-state index contributed by atoms with van der Waals surface area (Å²) in [4.78, 5) is 13.5. The summed E-state index contributed by atoms with van der Waals surface area (Å²) in [6, 6.07) is 6.07. The quantitative estimate of drug-likeness (QED) is 0.783. The van der Waals surface area contributed by atoms with Crippen LogP contribution >= 0.6 is 0 Å². The summed E-state index contributed by atoms with van der Waals surface area (Å²) in [5.41, 5.74) is 8.92. The van der Waals surface area contributed by atoms with E-state index in [1.165, 1.54) is 5.56 Å². The Balaban J connectivity index is 2.35. The van der Waals surface area contributed by atoms with Crippen LogP contribution < -0.4 is 16.0 Å². The number of nitrogens with zero attached hydrogens (tertiary/aromatic N) is 1. The van der Waals surface area contributed by atoms with Crippen LogP contribution in [0, 0.1) is 6.92 Å². The van der Waals surface area contributed by atoms with Crippen LogP contribution in [0.4, 0.5) is 11.4 Å². The van der Waals surface area contributed by atoms with Crippen molar-refractivity contribution >= 4 is 17.3 Å². The van der Waals surface area contributed by atoms with Gasteiger partial charge in [-0.05, 0) is 31.5 Å². The number of amides is 1. The van der Waals surface area contributed by atoms with Crippen molar-refractivity contribution in [1.82, 2.24) is 0 Å². The molecule has 1 amide bonds. The predicted molar refractivity (Wildman–Crippen MR) is 65.7 cm³/mol. The summed E-state index contributed by atoms with van der Waals surface area (Å²) >= 11 is 0. The summed E-state index contributed by atoms with van der Waals surface area (Å²) in [5.74, 6) is 0.0250. The van der Waals surface area contributed by atoms with Crippen LogP contribution in [-0.2, 0) is 4.79 Å². The van der Waals surface area contributed by atoms with Gasteiger partial charge in [-0.1, -0.05) is 6.07 Å². The van der Waals surface area contributed by atoms with Crippen molar-refractivity contribution in [3.05, 3.63) is 23.8 Å². The second-order valence-corrected chi connectivity index (χ2v) is 4.43. The Morgan fingerprint density at radius 3 is 3.00 bits per heavy atom. The Kier molecular flexibility index (Phi) is 2.83. The van der Waals surface area contributed by atoms with Gasteiger partial charge in [-0.3, -0.25) is 4.79 Å². The number of fused-ring (bicyclic) bond motifs is 1. The Bertz CT molecular complexity index is 415. The zero-order valence-electron chi connectivity index (χ0n) is 9.66. The highest BCUT2D eigenvalue weighted by atomic mass is 16.2. The first-order chi connectivity index (χ1) is 7.56. The van der Waals surface area contributed by atoms with Crippen LogP contribution in [0.25, 0.3) is 0 Å². The first-order valence-electron chi connectivity index (χ1n) is 5.47. The van der Waals surface area contributed by atoms with Crippen molar-refractivity contribution < 1.29 is 4.79 Å². The van der Waals surface area contributed by atoms with Gasteiger partial charge >= 0.3 is 0 Å². The van der Waals surface area contributed by atoms with Crippen LogP contribution in [0.15, 0.2) is 18.2 Å². The molecule has 0 aliphatic carbocycles. The number of carbonyl (C=O) groups is 1. The van der Waals surface area contributed by atoms with Crippen LogP contribution in [0.1, 0.15) is 12.5 Å². The number of anilines is 2. The zero-order chi connectivity index (χ0) is 11.7. The molecule has 1 aromatic carbocycles. The molecule has 0 spiro atoms. The SMILES string of the molecule is Cc1ccc2c(c1)N(CC(C)N)CC(=O)N2. The third-order valence-corrected chi connectivity index (χ3v) is 2.61. The highest BCUT2D eigenvalue weighted by Crippen LogP contribution is 2.30. The fourth-order valence-electron chi connectivity index (χ4n) is 1.97. The van der Waals surface area contributed by atoms with Gasteiger partial charge in [-0.2, -0.15) is 0 Å². The van der Waals surface area contributed by atoms with Crippen LogP contribution in [0.5, 0.6) is 0 Å². The average Bonchev–Trinajstić information content (AvgIpc) is 2.18.